The molecule has 2 aromatic rings. The summed E-state index contributed by atoms with van der Waals surface area (Å²) in [6.07, 6.45) is 0.817. The molecular formula is C20H29IN4O3S. The minimum Gasteiger partial charge on any atom is -0.496 e. The molecule has 0 saturated heterocycles. The normalized spacial score (nSPS) is 11.5. The lowest BCUT2D eigenvalue weighted by atomic mass is 10.1. The number of methoxy groups -OCH3 is 1. The lowest BCUT2D eigenvalue weighted by Crippen LogP contribution is -2.42. The van der Waals surface area contributed by atoms with Gasteiger partial charge in [0.1, 0.15) is 5.75 Å². The summed E-state index contributed by atoms with van der Waals surface area (Å²) in [6, 6.07) is 14.5. The van der Waals surface area contributed by atoms with E-state index >= 15 is 0 Å². The molecule has 0 atom stereocenters. The van der Waals surface area contributed by atoms with Gasteiger partial charge >= 0.3 is 0 Å². The highest BCUT2D eigenvalue weighted by molar-refractivity contribution is 14.0. The van der Waals surface area contributed by atoms with Crippen molar-refractivity contribution in [2.24, 2.45) is 4.99 Å². The van der Waals surface area contributed by atoms with Gasteiger partial charge in [-0.3, -0.25) is 4.99 Å². The minimum absolute atomic E-state index is 0. The van der Waals surface area contributed by atoms with Gasteiger partial charge in [-0.05, 0) is 42.7 Å². The first kappa shape index (κ1) is 25.2. The molecule has 0 aliphatic heterocycles. The van der Waals surface area contributed by atoms with Crippen LogP contribution < -0.4 is 20.1 Å². The Hall–Kier alpha value is -1.85. The predicted molar refractivity (Wildman–Crippen MR) is 128 cm³/mol. The fourth-order valence-corrected chi connectivity index (χ4v) is 3.67. The summed E-state index contributed by atoms with van der Waals surface area (Å²) in [4.78, 5) is 4.41. The quantitative estimate of drug-likeness (QED) is 0.200. The molecule has 0 spiro atoms. The molecule has 9 heteroatoms. The number of nitrogens with zero attached hydrogens (tertiary/aromatic N) is 1. The summed E-state index contributed by atoms with van der Waals surface area (Å²) in [5.41, 5.74) is 2.27. The molecule has 0 radical (unpaired) electrons. The second-order valence-corrected chi connectivity index (χ2v) is 7.96. The number of nitrogens with one attached hydrogen (secondary N) is 3. The van der Waals surface area contributed by atoms with Crippen molar-refractivity contribution >= 4 is 40.0 Å². The topological polar surface area (TPSA) is 91.8 Å². The van der Waals surface area contributed by atoms with E-state index in [2.05, 4.69) is 26.4 Å². The molecule has 7 nitrogen and oxygen atoms in total. The van der Waals surface area contributed by atoms with Crippen molar-refractivity contribution < 1.29 is 13.2 Å². The van der Waals surface area contributed by atoms with Crippen molar-refractivity contribution in [3.8, 4) is 5.75 Å². The van der Waals surface area contributed by atoms with Gasteiger partial charge in [0, 0.05) is 26.7 Å². The molecule has 160 valence electrons. The zero-order chi connectivity index (χ0) is 20.4. The van der Waals surface area contributed by atoms with Crippen molar-refractivity contribution in [3.05, 3.63) is 59.7 Å². The van der Waals surface area contributed by atoms with Crippen LogP contribution in [-0.4, -0.2) is 48.2 Å². The van der Waals surface area contributed by atoms with E-state index in [9.17, 15) is 8.42 Å². The highest BCUT2D eigenvalue weighted by atomic mass is 127. The number of rotatable bonds is 9. The highest BCUT2D eigenvalue weighted by Gasteiger charge is 2.12. The molecule has 0 bridgehead atoms. The number of benzene rings is 2. The van der Waals surface area contributed by atoms with Crippen molar-refractivity contribution in [2.75, 3.05) is 33.8 Å². The number of halogens is 1. The third-order valence-electron chi connectivity index (χ3n) is 4.17. The number of aryl methyl sites for hydroxylation is 1. The third-order valence-corrected chi connectivity index (χ3v) is 5.64. The Balaban J connectivity index is 0.00000420. The SMILES string of the molecule is CN=C(NCCNS(=O)(=O)c1ccccc1)NCCc1ccc(C)c(OC)c1.I. The maximum absolute atomic E-state index is 12.2. The largest absolute Gasteiger partial charge is 0.496 e. The standard InChI is InChI=1S/C20H28N4O3S.HI/c1-16-9-10-17(15-19(16)27-3)11-12-22-20(21-2)23-13-14-24-28(25,26)18-7-5-4-6-8-18;/h4-10,15,24H,11-14H2,1-3H3,(H2,21,22,23);1H. The Kier molecular flexibility index (Phi) is 11.0. The number of ether oxygens (including phenoxy) is 1. The van der Waals surface area contributed by atoms with Crippen LogP contribution in [0.1, 0.15) is 11.1 Å². The summed E-state index contributed by atoms with van der Waals surface area (Å²) in [5.74, 6) is 1.50. The number of guanidine groups is 1. The van der Waals surface area contributed by atoms with Gasteiger partial charge in [-0.25, -0.2) is 13.1 Å². The Labute approximate surface area is 190 Å². The van der Waals surface area contributed by atoms with Gasteiger partial charge < -0.3 is 15.4 Å². The Bertz CT molecular complexity index is 890. The molecule has 0 aromatic heterocycles. The van der Waals surface area contributed by atoms with Crippen molar-refractivity contribution in [1.82, 2.24) is 15.4 Å². The number of hydrogen-bond acceptors (Lipinski definition) is 4. The van der Waals surface area contributed by atoms with E-state index < -0.39 is 10.0 Å². The van der Waals surface area contributed by atoms with Gasteiger partial charge in [0.15, 0.2) is 5.96 Å². The fraction of sp³-hybridized carbons (Fsp3) is 0.350. The van der Waals surface area contributed by atoms with Gasteiger partial charge in [-0.15, -0.1) is 24.0 Å². The molecule has 0 aliphatic carbocycles. The smallest absolute Gasteiger partial charge is 0.240 e. The Morgan fingerprint density at radius 2 is 1.72 bits per heavy atom. The van der Waals surface area contributed by atoms with Crippen LogP contribution in [-0.2, 0) is 16.4 Å². The molecule has 2 rings (SSSR count). The molecule has 0 saturated carbocycles. The second kappa shape index (κ2) is 12.7. The lowest BCUT2D eigenvalue weighted by Gasteiger charge is -2.13. The molecular weight excluding hydrogens is 503 g/mol. The van der Waals surface area contributed by atoms with Crippen LogP contribution in [0.25, 0.3) is 0 Å². The average Bonchev–Trinajstić information content (AvgIpc) is 2.71. The summed E-state index contributed by atoms with van der Waals surface area (Å²) in [5, 5.41) is 6.32. The number of hydrogen-bond donors (Lipinski definition) is 3. The van der Waals surface area contributed by atoms with E-state index in [-0.39, 0.29) is 35.4 Å². The third kappa shape index (κ3) is 8.19. The van der Waals surface area contributed by atoms with E-state index in [4.69, 9.17) is 4.74 Å². The van der Waals surface area contributed by atoms with Crippen LogP contribution in [0.3, 0.4) is 0 Å². The van der Waals surface area contributed by atoms with Gasteiger partial charge in [-0.2, -0.15) is 0 Å². The zero-order valence-electron chi connectivity index (χ0n) is 16.9. The molecule has 2 aromatic carbocycles. The Morgan fingerprint density at radius 1 is 1.03 bits per heavy atom. The van der Waals surface area contributed by atoms with Crippen LogP contribution >= 0.6 is 24.0 Å². The monoisotopic (exact) mass is 532 g/mol. The molecule has 0 fully saturated rings. The molecule has 3 N–H and O–H groups in total. The van der Waals surface area contributed by atoms with Crippen LogP contribution in [0.15, 0.2) is 58.4 Å². The van der Waals surface area contributed by atoms with Gasteiger partial charge in [0.05, 0.1) is 12.0 Å². The van der Waals surface area contributed by atoms with Crippen LogP contribution in [0, 0.1) is 6.92 Å². The van der Waals surface area contributed by atoms with E-state index in [1.165, 1.54) is 5.56 Å². The van der Waals surface area contributed by atoms with Crippen LogP contribution in [0.5, 0.6) is 5.75 Å². The van der Waals surface area contributed by atoms with Crippen molar-refractivity contribution in [1.29, 1.82) is 0 Å². The molecule has 0 aliphatic rings. The molecule has 29 heavy (non-hydrogen) atoms. The lowest BCUT2D eigenvalue weighted by molar-refractivity contribution is 0.411. The first-order chi connectivity index (χ1) is 13.5. The maximum Gasteiger partial charge on any atom is 0.240 e. The van der Waals surface area contributed by atoms with Crippen molar-refractivity contribution in [2.45, 2.75) is 18.2 Å². The summed E-state index contributed by atoms with van der Waals surface area (Å²) in [6.45, 7) is 3.39. The fourth-order valence-electron chi connectivity index (χ4n) is 2.62. The number of sulfonamides is 1. The van der Waals surface area contributed by atoms with E-state index in [1.807, 2.05) is 19.1 Å². The van der Waals surface area contributed by atoms with E-state index in [0.29, 0.717) is 19.0 Å². The molecule has 0 unspecified atom stereocenters. The van der Waals surface area contributed by atoms with Gasteiger partial charge in [0.2, 0.25) is 10.0 Å². The summed E-state index contributed by atoms with van der Waals surface area (Å²) >= 11 is 0. The average molecular weight is 532 g/mol. The number of aliphatic imine (C=N–C) groups is 1. The van der Waals surface area contributed by atoms with Gasteiger partial charge in [-0.1, -0.05) is 30.3 Å². The molecule has 0 amide bonds. The van der Waals surface area contributed by atoms with Crippen LogP contribution in [0.2, 0.25) is 0 Å². The first-order valence-corrected chi connectivity index (χ1v) is 10.6. The van der Waals surface area contributed by atoms with Crippen LogP contribution in [0.4, 0.5) is 0 Å². The van der Waals surface area contributed by atoms with Crippen molar-refractivity contribution in [3.63, 3.8) is 0 Å². The maximum atomic E-state index is 12.2. The zero-order valence-corrected chi connectivity index (χ0v) is 20.1. The Morgan fingerprint density at radius 3 is 2.38 bits per heavy atom. The highest BCUT2D eigenvalue weighted by Crippen LogP contribution is 2.18. The van der Waals surface area contributed by atoms with E-state index in [1.54, 1.807) is 44.5 Å². The van der Waals surface area contributed by atoms with Gasteiger partial charge in [0.25, 0.3) is 0 Å². The minimum atomic E-state index is -3.49. The van der Waals surface area contributed by atoms with E-state index in [0.717, 1.165) is 17.7 Å². The second-order valence-electron chi connectivity index (χ2n) is 6.19. The predicted octanol–water partition coefficient (Wildman–Crippen LogP) is 2.31. The molecule has 0 heterocycles. The summed E-state index contributed by atoms with van der Waals surface area (Å²) in [7, 11) is -0.142. The summed E-state index contributed by atoms with van der Waals surface area (Å²) < 4.78 is 32.2. The first-order valence-electron chi connectivity index (χ1n) is 9.09.